The second-order valence-electron chi connectivity index (χ2n) is 5.02. The van der Waals surface area contributed by atoms with Crippen molar-refractivity contribution in [2.45, 2.75) is 13.0 Å². The first kappa shape index (κ1) is 21.5. The maximum absolute atomic E-state index is 12.2. The number of ether oxygens (including phenoxy) is 1. The Bertz CT molecular complexity index is 485. The van der Waals surface area contributed by atoms with Gasteiger partial charge in [-0.25, -0.2) is 0 Å². The maximum atomic E-state index is 12.2. The number of morpholine rings is 1. The standard InChI is InChI=1S/C14H20BrN3O2.2ClH/c1-10(9-18-4-6-20-7-5-18)17-14(19)12-3-2-11(15)8-13(12)16;;/h2-3,8,10H,4-7,9,16H2,1H3,(H,17,19);2*1H. The van der Waals surface area contributed by atoms with Crippen LogP contribution in [0.2, 0.25) is 0 Å². The summed E-state index contributed by atoms with van der Waals surface area (Å²) < 4.78 is 6.18. The van der Waals surface area contributed by atoms with Gasteiger partial charge in [0, 0.05) is 35.8 Å². The first-order chi connectivity index (χ1) is 9.56. The van der Waals surface area contributed by atoms with Gasteiger partial charge in [-0.3, -0.25) is 9.69 Å². The molecule has 0 bridgehead atoms. The number of amides is 1. The number of hydrogen-bond acceptors (Lipinski definition) is 4. The van der Waals surface area contributed by atoms with Crippen LogP contribution < -0.4 is 11.1 Å². The molecule has 22 heavy (non-hydrogen) atoms. The molecule has 1 aromatic carbocycles. The van der Waals surface area contributed by atoms with Crippen LogP contribution in [0.3, 0.4) is 0 Å². The molecule has 0 aliphatic carbocycles. The van der Waals surface area contributed by atoms with Gasteiger partial charge in [-0.2, -0.15) is 0 Å². The fourth-order valence-corrected chi connectivity index (χ4v) is 2.64. The molecule has 1 aromatic rings. The molecule has 1 atom stereocenters. The third-order valence-electron chi connectivity index (χ3n) is 3.27. The molecule has 1 fully saturated rings. The summed E-state index contributed by atoms with van der Waals surface area (Å²) in [4.78, 5) is 14.5. The highest BCUT2D eigenvalue weighted by atomic mass is 79.9. The zero-order valence-electron chi connectivity index (χ0n) is 12.4. The Labute approximate surface area is 151 Å². The maximum Gasteiger partial charge on any atom is 0.253 e. The van der Waals surface area contributed by atoms with Crippen molar-refractivity contribution in [1.82, 2.24) is 10.2 Å². The van der Waals surface area contributed by atoms with E-state index in [1.807, 2.05) is 13.0 Å². The smallest absolute Gasteiger partial charge is 0.253 e. The number of halogens is 3. The van der Waals surface area contributed by atoms with Crippen LogP contribution >= 0.6 is 40.7 Å². The number of nitrogens with one attached hydrogen (secondary N) is 1. The van der Waals surface area contributed by atoms with Gasteiger partial charge in [-0.15, -0.1) is 24.8 Å². The molecule has 0 radical (unpaired) electrons. The summed E-state index contributed by atoms with van der Waals surface area (Å²) in [6.07, 6.45) is 0. The molecule has 3 N–H and O–H groups in total. The average molecular weight is 415 g/mol. The summed E-state index contributed by atoms with van der Waals surface area (Å²) in [5.74, 6) is -0.129. The fourth-order valence-electron chi connectivity index (χ4n) is 2.26. The summed E-state index contributed by atoms with van der Waals surface area (Å²) in [6, 6.07) is 5.36. The van der Waals surface area contributed by atoms with Gasteiger partial charge < -0.3 is 15.8 Å². The molecule has 1 amide bonds. The number of nitrogen functional groups attached to an aromatic ring is 1. The predicted octanol–water partition coefficient (Wildman–Crippen LogP) is 2.33. The monoisotopic (exact) mass is 413 g/mol. The van der Waals surface area contributed by atoms with E-state index in [-0.39, 0.29) is 36.8 Å². The van der Waals surface area contributed by atoms with Crippen molar-refractivity contribution in [3.05, 3.63) is 28.2 Å². The van der Waals surface area contributed by atoms with Crippen LogP contribution in [-0.4, -0.2) is 49.7 Å². The molecule has 2 rings (SSSR count). The van der Waals surface area contributed by atoms with E-state index in [4.69, 9.17) is 10.5 Å². The lowest BCUT2D eigenvalue weighted by atomic mass is 10.1. The molecule has 0 spiro atoms. The lowest BCUT2D eigenvalue weighted by Crippen LogP contribution is -2.46. The number of carbonyl (C=O) groups is 1. The topological polar surface area (TPSA) is 67.6 Å². The van der Waals surface area contributed by atoms with E-state index in [1.54, 1.807) is 12.1 Å². The third kappa shape index (κ3) is 6.30. The molecule has 126 valence electrons. The summed E-state index contributed by atoms with van der Waals surface area (Å²) in [5, 5.41) is 2.99. The summed E-state index contributed by atoms with van der Waals surface area (Å²) in [6.45, 7) is 6.19. The molecule has 1 unspecified atom stereocenters. The van der Waals surface area contributed by atoms with Crippen LogP contribution in [0.5, 0.6) is 0 Å². The van der Waals surface area contributed by atoms with Crippen molar-refractivity contribution in [2.75, 3.05) is 38.6 Å². The van der Waals surface area contributed by atoms with Crippen molar-refractivity contribution in [2.24, 2.45) is 0 Å². The Morgan fingerprint density at radius 2 is 2.05 bits per heavy atom. The molecule has 8 heteroatoms. The van der Waals surface area contributed by atoms with Crippen LogP contribution in [0.4, 0.5) is 5.69 Å². The van der Waals surface area contributed by atoms with E-state index >= 15 is 0 Å². The number of nitrogens with two attached hydrogens (primary N) is 1. The molecular formula is C14H22BrCl2N3O2. The number of rotatable bonds is 4. The Morgan fingerprint density at radius 1 is 1.41 bits per heavy atom. The van der Waals surface area contributed by atoms with E-state index < -0.39 is 0 Å². The van der Waals surface area contributed by atoms with Crippen LogP contribution in [0.25, 0.3) is 0 Å². The van der Waals surface area contributed by atoms with Gasteiger partial charge in [0.1, 0.15) is 0 Å². The van der Waals surface area contributed by atoms with Gasteiger partial charge in [0.25, 0.3) is 5.91 Å². The highest BCUT2D eigenvalue weighted by Crippen LogP contribution is 2.18. The van der Waals surface area contributed by atoms with Crippen LogP contribution in [0.1, 0.15) is 17.3 Å². The minimum absolute atomic E-state index is 0. The summed E-state index contributed by atoms with van der Waals surface area (Å²) in [5.41, 5.74) is 6.86. The quantitative estimate of drug-likeness (QED) is 0.742. The number of hydrogen-bond donors (Lipinski definition) is 2. The Hall–Kier alpha value is -0.530. The van der Waals surface area contributed by atoms with Gasteiger partial charge >= 0.3 is 0 Å². The minimum Gasteiger partial charge on any atom is -0.398 e. The average Bonchev–Trinajstić information content (AvgIpc) is 2.39. The van der Waals surface area contributed by atoms with Gasteiger partial charge in [-0.05, 0) is 25.1 Å². The van der Waals surface area contributed by atoms with E-state index in [0.717, 1.165) is 37.3 Å². The van der Waals surface area contributed by atoms with E-state index in [9.17, 15) is 4.79 Å². The number of benzene rings is 1. The fraction of sp³-hybridized carbons (Fsp3) is 0.500. The normalized spacial score (nSPS) is 16.1. The number of anilines is 1. The molecule has 0 saturated carbocycles. The first-order valence-electron chi connectivity index (χ1n) is 6.72. The van der Waals surface area contributed by atoms with Crippen molar-refractivity contribution >= 4 is 52.3 Å². The molecule has 1 saturated heterocycles. The zero-order chi connectivity index (χ0) is 14.5. The summed E-state index contributed by atoms with van der Waals surface area (Å²) >= 11 is 3.33. The largest absolute Gasteiger partial charge is 0.398 e. The lowest BCUT2D eigenvalue weighted by molar-refractivity contribution is 0.0342. The van der Waals surface area contributed by atoms with E-state index in [1.165, 1.54) is 0 Å². The molecule has 1 heterocycles. The SMILES string of the molecule is CC(CN1CCOCC1)NC(=O)c1ccc(Br)cc1N.Cl.Cl. The highest BCUT2D eigenvalue weighted by molar-refractivity contribution is 9.10. The first-order valence-corrected chi connectivity index (χ1v) is 7.51. The number of carbonyl (C=O) groups excluding carboxylic acids is 1. The lowest BCUT2D eigenvalue weighted by Gasteiger charge is -2.29. The van der Waals surface area contributed by atoms with Crippen LogP contribution in [0.15, 0.2) is 22.7 Å². The van der Waals surface area contributed by atoms with Gasteiger partial charge in [0.2, 0.25) is 0 Å². The Kier molecular flexibility index (Phi) is 10.0. The number of nitrogens with zero attached hydrogens (tertiary/aromatic N) is 1. The minimum atomic E-state index is -0.129. The zero-order valence-corrected chi connectivity index (χ0v) is 15.6. The van der Waals surface area contributed by atoms with Crippen LogP contribution in [0, 0.1) is 0 Å². The van der Waals surface area contributed by atoms with Gasteiger partial charge in [-0.1, -0.05) is 15.9 Å². The molecule has 5 nitrogen and oxygen atoms in total. The molecule has 0 aromatic heterocycles. The molecule has 1 aliphatic heterocycles. The second kappa shape index (κ2) is 10.3. The van der Waals surface area contributed by atoms with Crippen LogP contribution in [-0.2, 0) is 4.74 Å². The second-order valence-corrected chi connectivity index (χ2v) is 5.93. The Morgan fingerprint density at radius 3 is 2.64 bits per heavy atom. The van der Waals surface area contributed by atoms with E-state index in [0.29, 0.717) is 11.3 Å². The Balaban J connectivity index is 0.00000220. The van der Waals surface area contributed by atoms with Crippen molar-refractivity contribution in [3.63, 3.8) is 0 Å². The summed E-state index contributed by atoms with van der Waals surface area (Å²) in [7, 11) is 0. The van der Waals surface area contributed by atoms with E-state index in [2.05, 4.69) is 26.1 Å². The predicted molar refractivity (Wildman–Crippen MR) is 97.2 cm³/mol. The van der Waals surface area contributed by atoms with Gasteiger partial charge in [0.05, 0.1) is 18.8 Å². The van der Waals surface area contributed by atoms with Crippen molar-refractivity contribution in [3.8, 4) is 0 Å². The van der Waals surface area contributed by atoms with Crippen molar-refractivity contribution < 1.29 is 9.53 Å². The molecule has 1 aliphatic rings. The highest BCUT2D eigenvalue weighted by Gasteiger charge is 2.17. The van der Waals surface area contributed by atoms with Crippen molar-refractivity contribution in [1.29, 1.82) is 0 Å². The van der Waals surface area contributed by atoms with Gasteiger partial charge in [0.15, 0.2) is 0 Å². The third-order valence-corrected chi connectivity index (χ3v) is 3.76. The molecular weight excluding hydrogens is 393 g/mol.